The van der Waals surface area contributed by atoms with Crippen LogP contribution in [-0.4, -0.2) is 29.9 Å². The molecule has 1 saturated carbocycles. The number of nitrogens with zero attached hydrogens (tertiary/aromatic N) is 1. The topological polar surface area (TPSA) is 83.1 Å². The molecule has 1 aliphatic rings. The monoisotopic (exact) mass is 420 g/mol. The molecule has 2 amide bonds. The van der Waals surface area contributed by atoms with Gasteiger partial charge in [-0.25, -0.2) is 0 Å². The maximum absolute atomic E-state index is 12.7. The van der Waals surface area contributed by atoms with Crippen LogP contribution in [0.1, 0.15) is 46.7 Å². The molecule has 0 radical (unpaired) electrons. The second kappa shape index (κ2) is 9.89. The van der Waals surface area contributed by atoms with Crippen molar-refractivity contribution in [2.24, 2.45) is 5.92 Å². The van der Waals surface area contributed by atoms with Crippen LogP contribution in [0.2, 0.25) is 5.02 Å². The quantitative estimate of drug-likeness (QED) is 0.606. The molecule has 28 heavy (non-hydrogen) atoms. The second-order valence-electron chi connectivity index (χ2n) is 7.04. The van der Waals surface area contributed by atoms with Crippen LogP contribution in [0.15, 0.2) is 30.6 Å². The lowest BCUT2D eigenvalue weighted by Crippen LogP contribution is -2.46. The van der Waals surface area contributed by atoms with Crippen molar-refractivity contribution in [2.45, 2.75) is 44.7 Å². The van der Waals surface area contributed by atoms with E-state index in [0.717, 1.165) is 23.4 Å². The van der Waals surface area contributed by atoms with Crippen molar-refractivity contribution in [2.75, 3.05) is 12.4 Å². The summed E-state index contributed by atoms with van der Waals surface area (Å²) in [6.07, 6.45) is 8.67. The van der Waals surface area contributed by atoms with Crippen LogP contribution in [0.5, 0.6) is 0 Å². The van der Waals surface area contributed by atoms with Crippen molar-refractivity contribution in [3.05, 3.63) is 45.4 Å². The minimum atomic E-state index is -0.484. The zero-order chi connectivity index (χ0) is 19.9. The summed E-state index contributed by atoms with van der Waals surface area (Å²) in [5, 5.41) is 9.39. The van der Waals surface area contributed by atoms with Crippen LogP contribution in [0, 0.1) is 5.92 Å². The fourth-order valence-corrected chi connectivity index (χ4v) is 4.53. The Bertz CT molecular complexity index is 820. The predicted molar refractivity (Wildman–Crippen MR) is 113 cm³/mol. The summed E-state index contributed by atoms with van der Waals surface area (Å²) in [5.41, 5.74) is 0.822. The number of rotatable bonds is 8. The van der Waals surface area contributed by atoms with Crippen LogP contribution >= 0.6 is 22.9 Å². The smallest absolute Gasteiger partial charge is 0.262 e. The van der Waals surface area contributed by atoms with Crippen LogP contribution in [-0.2, 0) is 11.3 Å². The standard InChI is InChI=1S/C20H25ClN4O2S/c1-22-19(26)17(8-13-4-2-3-5-13)25-20(27)18-7-6-16(28-18)12-24-15-9-14(21)10-23-11-15/h6-7,9-11,13,17,24H,2-5,8,12H2,1H3,(H,22,26)(H,25,27)/t17-/m0/s1. The molecule has 2 aromatic rings. The third kappa shape index (κ3) is 5.69. The Labute approximate surface area is 174 Å². The molecule has 0 bridgehead atoms. The number of aromatic nitrogens is 1. The van der Waals surface area contributed by atoms with E-state index in [-0.39, 0.29) is 11.8 Å². The van der Waals surface area contributed by atoms with Gasteiger partial charge in [-0.15, -0.1) is 11.3 Å². The number of likely N-dealkylation sites (N-methyl/N-ethyl adjacent to an activating group) is 1. The third-order valence-electron chi connectivity index (χ3n) is 4.97. The van der Waals surface area contributed by atoms with Crippen molar-refractivity contribution in [3.63, 3.8) is 0 Å². The average molecular weight is 421 g/mol. The maximum Gasteiger partial charge on any atom is 0.262 e. The molecule has 1 atom stereocenters. The highest BCUT2D eigenvalue weighted by Gasteiger charge is 2.26. The van der Waals surface area contributed by atoms with E-state index in [0.29, 0.717) is 28.8 Å². The van der Waals surface area contributed by atoms with E-state index in [1.165, 1.54) is 24.2 Å². The fraction of sp³-hybridized carbons (Fsp3) is 0.450. The first-order valence-corrected chi connectivity index (χ1v) is 10.7. The molecule has 2 heterocycles. The number of hydrogen-bond donors (Lipinski definition) is 3. The summed E-state index contributed by atoms with van der Waals surface area (Å²) < 4.78 is 0. The molecule has 0 unspecified atom stereocenters. The van der Waals surface area contributed by atoms with Crippen molar-refractivity contribution in [3.8, 4) is 0 Å². The number of hydrogen-bond acceptors (Lipinski definition) is 5. The Balaban J connectivity index is 1.57. The van der Waals surface area contributed by atoms with E-state index >= 15 is 0 Å². The van der Waals surface area contributed by atoms with Crippen molar-refractivity contribution >= 4 is 40.4 Å². The normalized spacial score (nSPS) is 15.2. The molecule has 1 aliphatic carbocycles. The zero-order valence-corrected chi connectivity index (χ0v) is 17.4. The Hall–Kier alpha value is -2.12. The predicted octanol–water partition coefficient (Wildman–Crippen LogP) is 3.83. The van der Waals surface area contributed by atoms with E-state index in [1.54, 1.807) is 31.6 Å². The van der Waals surface area contributed by atoms with Gasteiger partial charge in [-0.1, -0.05) is 37.3 Å². The third-order valence-corrected chi connectivity index (χ3v) is 6.26. The minimum absolute atomic E-state index is 0.132. The van der Waals surface area contributed by atoms with E-state index in [9.17, 15) is 9.59 Å². The lowest BCUT2D eigenvalue weighted by atomic mass is 9.98. The van der Waals surface area contributed by atoms with Crippen LogP contribution in [0.25, 0.3) is 0 Å². The Morgan fingerprint density at radius 1 is 1.29 bits per heavy atom. The van der Waals surface area contributed by atoms with Gasteiger partial charge in [-0.2, -0.15) is 0 Å². The Morgan fingerprint density at radius 3 is 2.79 bits per heavy atom. The highest BCUT2D eigenvalue weighted by atomic mass is 35.5. The molecular formula is C20H25ClN4O2S. The highest BCUT2D eigenvalue weighted by Crippen LogP contribution is 2.29. The summed E-state index contributed by atoms with van der Waals surface area (Å²) >= 11 is 7.34. The van der Waals surface area contributed by atoms with Crippen LogP contribution < -0.4 is 16.0 Å². The van der Waals surface area contributed by atoms with E-state index in [1.807, 2.05) is 6.07 Å². The summed E-state index contributed by atoms with van der Waals surface area (Å²) in [4.78, 5) is 30.5. The van der Waals surface area contributed by atoms with Gasteiger partial charge >= 0.3 is 0 Å². The highest BCUT2D eigenvalue weighted by molar-refractivity contribution is 7.14. The summed E-state index contributed by atoms with van der Waals surface area (Å²) in [7, 11) is 1.61. The second-order valence-corrected chi connectivity index (χ2v) is 8.64. The van der Waals surface area contributed by atoms with Gasteiger partial charge in [0.2, 0.25) is 5.91 Å². The Kier molecular flexibility index (Phi) is 7.28. The lowest BCUT2D eigenvalue weighted by Gasteiger charge is -2.20. The number of anilines is 1. The van der Waals surface area contributed by atoms with E-state index < -0.39 is 6.04 Å². The summed E-state index contributed by atoms with van der Waals surface area (Å²) in [6.45, 7) is 0.570. The van der Waals surface area contributed by atoms with Gasteiger partial charge in [0.15, 0.2) is 0 Å². The number of amides is 2. The average Bonchev–Trinajstić information content (AvgIpc) is 3.37. The molecule has 3 rings (SSSR count). The van der Waals surface area contributed by atoms with E-state index in [2.05, 4.69) is 20.9 Å². The number of carbonyl (C=O) groups is 2. The molecule has 0 aromatic carbocycles. The van der Waals surface area contributed by atoms with E-state index in [4.69, 9.17) is 11.6 Å². The summed E-state index contributed by atoms with van der Waals surface area (Å²) in [6, 6.07) is 5.02. The number of carbonyl (C=O) groups excluding carboxylic acids is 2. The number of pyridine rings is 1. The first-order valence-electron chi connectivity index (χ1n) is 9.50. The van der Waals surface area contributed by atoms with Gasteiger partial charge < -0.3 is 16.0 Å². The molecule has 3 N–H and O–H groups in total. The molecule has 0 aliphatic heterocycles. The molecular weight excluding hydrogens is 396 g/mol. The van der Waals surface area contributed by atoms with Gasteiger partial charge in [-0.05, 0) is 30.5 Å². The number of nitrogens with one attached hydrogen (secondary N) is 3. The minimum Gasteiger partial charge on any atom is -0.379 e. The Morgan fingerprint density at radius 2 is 2.07 bits per heavy atom. The first kappa shape index (κ1) is 20.6. The fourth-order valence-electron chi connectivity index (χ4n) is 3.51. The molecule has 0 spiro atoms. The van der Waals surface area contributed by atoms with Crippen LogP contribution in [0.4, 0.5) is 5.69 Å². The first-order chi connectivity index (χ1) is 13.5. The van der Waals surface area contributed by atoms with Crippen molar-refractivity contribution in [1.29, 1.82) is 0 Å². The number of thiophene rings is 1. The molecule has 6 nitrogen and oxygen atoms in total. The van der Waals surface area contributed by atoms with Gasteiger partial charge in [-0.3, -0.25) is 14.6 Å². The molecule has 8 heteroatoms. The van der Waals surface area contributed by atoms with Crippen LogP contribution in [0.3, 0.4) is 0 Å². The van der Waals surface area contributed by atoms with Gasteiger partial charge in [0, 0.05) is 24.7 Å². The van der Waals surface area contributed by atoms with Crippen molar-refractivity contribution in [1.82, 2.24) is 15.6 Å². The van der Waals surface area contributed by atoms with Gasteiger partial charge in [0.25, 0.3) is 5.91 Å². The molecule has 1 fully saturated rings. The summed E-state index contributed by atoms with van der Waals surface area (Å²) in [5.74, 6) is 0.177. The molecule has 2 aromatic heterocycles. The SMILES string of the molecule is CNC(=O)[C@H](CC1CCCC1)NC(=O)c1ccc(CNc2cncc(Cl)c2)s1. The molecule has 0 saturated heterocycles. The zero-order valence-electron chi connectivity index (χ0n) is 15.8. The lowest BCUT2D eigenvalue weighted by molar-refractivity contribution is -0.122. The maximum atomic E-state index is 12.7. The number of halogens is 1. The van der Waals surface area contributed by atoms with Crippen molar-refractivity contribution < 1.29 is 9.59 Å². The van der Waals surface area contributed by atoms with Gasteiger partial charge in [0.05, 0.1) is 21.8 Å². The van der Waals surface area contributed by atoms with Gasteiger partial charge in [0.1, 0.15) is 6.04 Å². The molecule has 150 valence electrons. The largest absolute Gasteiger partial charge is 0.379 e.